The second-order valence-electron chi connectivity index (χ2n) is 8.01. The molecule has 0 atom stereocenters. The molecule has 7 nitrogen and oxygen atoms in total. The third-order valence-corrected chi connectivity index (χ3v) is 5.11. The Morgan fingerprint density at radius 1 is 1.12 bits per heavy atom. The molecule has 0 bridgehead atoms. The van der Waals surface area contributed by atoms with E-state index in [1.165, 1.54) is 6.08 Å². The lowest BCUT2D eigenvalue weighted by molar-refractivity contribution is -0.135. The number of carbonyl (C=O) groups excluding carboxylic acids is 2. The van der Waals surface area contributed by atoms with Crippen LogP contribution in [0.3, 0.4) is 0 Å². The highest BCUT2D eigenvalue weighted by Gasteiger charge is 2.23. The Hall–Kier alpha value is -3.32. The van der Waals surface area contributed by atoms with Crippen LogP contribution in [0.25, 0.3) is 6.08 Å². The molecule has 0 fully saturated rings. The average molecular weight is 440 g/mol. The Kier molecular flexibility index (Phi) is 8.27. The van der Waals surface area contributed by atoms with Gasteiger partial charge in [-0.1, -0.05) is 32.0 Å². The number of amides is 1. The lowest BCUT2D eigenvalue weighted by atomic mass is 9.96. The third-order valence-electron chi connectivity index (χ3n) is 5.11. The van der Waals surface area contributed by atoms with Gasteiger partial charge in [0.1, 0.15) is 30.5 Å². The Balaban J connectivity index is 1.58. The van der Waals surface area contributed by atoms with E-state index in [4.69, 9.17) is 19.4 Å². The highest BCUT2D eigenvalue weighted by Crippen LogP contribution is 2.37. The van der Waals surface area contributed by atoms with Gasteiger partial charge in [-0.2, -0.15) is 0 Å². The van der Waals surface area contributed by atoms with Crippen molar-refractivity contribution in [2.45, 2.75) is 39.5 Å². The second kappa shape index (κ2) is 11.3. The van der Waals surface area contributed by atoms with Gasteiger partial charge in [0.25, 0.3) is 5.91 Å². The molecule has 1 heterocycles. The van der Waals surface area contributed by atoms with Gasteiger partial charge < -0.3 is 14.2 Å². The molecule has 170 valence electrons. The van der Waals surface area contributed by atoms with E-state index in [1.54, 1.807) is 35.8 Å². The van der Waals surface area contributed by atoms with Gasteiger partial charge in [-0.05, 0) is 60.6 Å². The fraction of sp³-hybridized carbons (Fsp3) is 0.360. The molecule has 2 aromatic rings. The molecule has 0 radical (unpaired) electrons. The number of esters is 1. The van der Waals surface area contributed by atoms with Crippen molar-refractivity contribution in [2.75, 3.05) is 13.2 Å². The number of nitrogens with one attached hydrogen (secondary N) is 1. The lowest BCUT2D eigenvalue weighted by Crippen LogP contribution is -2.18. The molecule has 0 saturated carbocycles. The van der Waals surface area contributed by atoms with Crippen LogP contribution in [0.15, 0.2) is 42.5 Å². The van der Waals surface area contributed by atoms with Crippen LogP contribution in [-0.2, 0) is 22.4 Å². The van der Waals surface area contributed by atoms with E-state index in [9.17, 15) is 9.59 Å². The monoisotopic (exact) mass is 439 g/mol. The van der Waals surface area contributed by atoms with E-state index < -0.39 is 5.91 Å². The summed E-state index contributed by atoms with van der Waals surface area (Å²) in [5, 5.41) is 8.50. The number of hydrogen-bond donors (Lipinski definition) is 2. The van der Waals surface area contributed by atoms with Gasteiger partial charge in [-0.15, -0.1) is 0 Å². The van der Waals surface area contributed by atoms with Crippen LogP contribution in [0.5, 0.6) is 17.2 Å². The van der Waals surface area contributed by atoms with Crippen molar-refractivity contribution in [3.8, 4) is 17.2 Å². The zero-order valence-electron chi connectivity index (χ0n) is 18.4. The molecule has 0 unspecified atom stereocenters. The smallest absolute Gasteiger partial charge is 0.311 e. The van der Waals surface area contributed by atoms with Crippen LogP contribution >= 0.6 is 0 Å². The summed E-state index contributed by atoms with van der Waals surface area (Å²) in [6.45, 7) is 5.03. The van der Waals surface area contributed by atoms with Crippen LogP contribution in [0.1, 0.15) is 43.4 Å². The molecule has 3 rings (SSSR count). The summed E-state index contributed by atoms with van der Waals surface area (Å²) in [5.41, 5.74) is 4.35. The Labute approximate surface area is 187 Å². The molecule has 0 aromatic heterocycles. The predicted molar refractivity (Wildman–Crippen MR) is 120 cm³/mol. The first kappa shape index (κ1) is 23.3. The molecule has 0 aliphatic carbocycles. The fourth-order valence-corrected chi connectivity index (χ4v) is 3.38. The molecule has 1 aliphatic rings. The van der Waals surface area contributed by atoms with Gasteiger partial charge >= 0.3 is 5.97 Å². The number of fused-ring (bicyclic) bond motifs is 1. The van der Waals surface area contributed by atoms with Crippen molar-refractivity contribution in [3.05, 3.63) is 59.2 Å². The fourth-order valence-electron chi connectivity index (χ4n) is 3.38. The zero-order chi connectivity index (χ0) is 22.9. The minimum Gasteiger partial charge on any atom is -0.490 e. The van der Waals surface area contributed by atoms with Crippen molar-refractivity contribution >= 4 is 18.0 Å². The highest BCUT2D eigenvalue weighted by molar-refractivity contribution is 5.90. The number of benzene rings is 2. The molecule has 0 saturated heterocycles. The van der Waals surface area contributed by atoms with E-state index in [2.05, 4.69) is 13.8 Å². The standard InChI is InChI=1S/C25H29NO6/c1-17(2)3-11-21-22(12-7-19-8-14-24(28)32-25(19)21)31-16-15-30-20-9-4-18(5-10-20)6-13-23(27)26-29/h4-7,9-10,12-13,17,29H,3,8,11,14-16H2,1-2H3,(H,26,27)/b13-6+. The van der Waals surface area contributed by atoms with Crippen molar-refractivity contribution < 1.29 is 29.0 Å². The predicted octanol–water partition coefficient (Wildman–Crippen LogP) is 4.10. The largest absolute Gasteiger partial charge is 0.490 e. The van der Waals surface area contributed by atoms with Crippen LogP contribution in [-0.4, -0.2) is 30.3 Å². The summed E-state index contributed by atoms with van der Waals surface area (Å²) in [6, 6.07) is 11.1. The van der Waals surface area contributed by atoms with E-state index in [0.717, 1.165) is 35.3 Å². The minimum absolute atomic E-state index is 0.195. The van der Waals surface area contributed by atoms with E-state index >= 15 is 0 Å². The zero-order valence-corrected chi connectivity index (χ0v) is 18.4. The Morgan fingerprint density at radius 2 is 1.88 bits per heavy atom. The van der Waals surface area contributed by atoms with Crippen LogP contribution in [0.2, 0.25) is 0 Å². The number of aryl methyl sites for hydroxylation is 1. The first-order valence-corrected chi connectivity index (χ1v) is 10.8. The van der Waals surface area contributed by atoms with E-state index in [-0.39, 0.29) is 5.97 Å². The molecular weight excluding hydrogens is 410 g/mol. The maximum absolute atomic E-state index is 11.8. The SMILES string of the molecule is CC(C)CCc1c(OCCOc2ccc(/C=C/C(=O)NO)cc2)ccc2c1OC(=O)CC2. The summed E-state index contributed by atoms with van der Waals surface area (Å²) < 4.78 is 17.3. The number of hydroxylamine groups is 1. The normalized spacial score (nSPS) is 13.1. The number of hydrogen-bond acceptors (Lipinski definition) is 6. The maximum atomic E-state index is 11.8. The van der Waals surface area contributed by atoms with Gasteiger partial charge in [-0.3, -0.25) is 14.8 Å². The Morgan fingerprint density at radius 3 is 2.59 bits per heavy atom. The van der Waals surface area contributed by atoms with Gasteiger partial charge in [0.2, 0.25) is 0 Å². The van der Waals surface area contributed by atoms with Gasteiger partial charge in [0, 0.05) is 11.6 Å². The van der Waals surface area contributed by atoms with Gasteiger partial charge in [0.15, 0.2) is 0 Å². The third kappa shape index (κ3) is 6.59. The average Bonchev–Trinajstić information content (AvgIpc) is 2.79. The van der Waals surface area contributed by atoms with Crippen molar-refractivity contribution in [2.24, 2.45) is 5.92 Å². The van der Waals surface area contributed by atoms with Gasteiger partial charge in [-0.25, -0.2) is 5.48 Å². The van der Waals surface area contributed by atoms with Crippen LogP contribution in [0.4, 0.5) is 0 Å². The minimum atomic E-state index is -0.591. The second-order valence-corrected chi connectivity index (χ2v) is 8.01. The van der Waals surface area contributed by atoms with Crippen LogP contribution in [0, 0.1) is 5.92 Å². The summed E-state index contributed by atoms with van der Waals surface area (Å²) >= 11 is 0. The van der Waals surface area contributed by atoms with Gasteiger partial charge in [0.05, 0.1) is 6.42 Å². The first-order chi connectivity index (χ1) is 15.5. The molecule has 2 N–H and O–H groups in total. The van der Waals surface area contributed by atoms with Crippen molar-refractivity contribution in [3.63, 3.8) is 0 Å². The molecule has 32 heavy (non-hydrogen) atoms. The summed E-state index contributed by atoms with van der Waals surface area (Å²) in [6.07, 6.45) is 5.68. The quantitative estimate of drug-likeness (QED) is 0.145. The summed E-state index contributed by atoms with van der Waals surface area (Å²) in [4.78, 5) is 22.9. The molecule has 1 aliphatic heterocycles. The molecule has 0 spiro atoms. The van der Waals surface area contributed by atoms with Crippen molar-refractivity contribution in [1.29, 1.82) is 0 Å². The van der Waals surface area contributed by atoms with E-state index in [1.807, 2.05) is 12.1 Å². The number of rotatable bonds is 10. The molecule has 7 heteroatoms. The molecule has 2 aromatic carbocycles. The summed E-state index contributed by atoms with van der Waals surface area (Å²) in [7, 11) is 0. The van der Waals surface area contributed by atoms with Crippen molar-refractivity contribution in [1.82, 2.24) is 5.48 Å². The topological polar surface area (TPSA) is 94.1 Å². The Bertz CT molecular complexity index is 965. The van der Waals surface area contributed by atoms with Crippen LogP contribution < -0.4 is 19.7 Å². The molecule has 1 amide bonds. The first-order valence-electron chi connectivity index (χ1n) is 10.8. The summed E-state index contributed by atoms with van der Waals surface area (Å²) in [5.74, 6) is 1.81. The number of carbonyl (C=O) groups is 2. The molecular formula is C25H29NO6. The number of ether oxygens (including phenoxy) is 3. The lowest BCUT2D eigenvalue weighted by Gasteiger charge is -2.22. The van der Waals surface area contributed by atoms with E-state index in [0.29, 0.717) is 43.5 Å². The maximum Gasteiger partial charge on any atom is 0.311 e. The highest BCUT2D eigenvalue weighted by atomic mass is 16.5.